The lowest BCUT2D eigenvalue weighted by Gasteiger charge is -2.56. The molecule has 4 bridgehead atoms. The fourth-order valence-electron chi connectivity index (χ4n) is 5.99. The number of nitrogen functional groups attached to an aromatic ring is 1. The molecule has 0 aromatic heterocycles. The van der Waals surface area contributed by atoms with Crippen LogP contribution < -0.4 is 5.73 Å². The third-order valence-corrected chi connectivity index (χ3v) is 7.19. The maximum Gasteiger partial charge on any atom is 0.340 e. The number of carbonyl (C=O) groups is 1. The first kappa shape index (κ1) is 17.8. The summed E-state index contributed by atoms with van der Waals surface area (Å²) in [4.78, 5) is 15.2. The summed E-state index contributed by atoms with van der Waals surface area (Å²) in [5, 5.41) is 0. The van der Waals surface area contributed by atoms with Crippen LogP contribution in [0.25, 0.3) is 0 Å². The predicted octanol–water partition coefficient (Wildman–Crippen LogP) is 2.95. The number of anilines is 1. The fourth-order valence-corrected chi connectivity index (χ4v) is 5.99. The predicted molar refractivity (Wildman–Crippen MR) is 101 cm³/mol. The van der Waals surface area contributed by atoms with Crippen molar-refractivity contribution in [1.82, 2.24) is 4.90 Å². The monoisotopic (exact) mass is 358 g/mol. The average molecular weight is 358 g/mol. The van der Waals surface area contributed by atoms with Crippen LogP contribution in [0.4, 0.5) is 5.69 Å². The van der Waals surface area contributed by atoms with Crippen LogP contribution in [0.15, 0.2) is 24.3 Å². The van der Waals surface area contributed by atoms with Crippen LogP contribution in [-0.2, 0) is 9.47 Å². The van der Waals surface area contributed by atoms with E-state index in [0.29, 0.717) is 41.8 Å². The number of esters is 1. The van der Waals surface area contributed by atoms with Gasteiger partial charge in [-0.25, -0.2) is 4.79 Å². The summed E-state index contributed by atoms with van der Waals surface area (Å²) in [5.41, 5.74) is 6.95. The van der Waals surface area contributed by atoms with Crippen molar-refractivity contribution in [2.24, 2.45) is 17.3 Å². The van der Waals surface area contributed by atoms with Gasteiger partial charge < -0.3 is 15.2 Å². The smallest absolute Gasteiger partial charge is 0.340 e. The molecular formula is C21H30N2O3. The highest BCUT2D eigenvalue weighted by molar-refractivity contribution is 5.94. The molecule has 0 amide bonds. The topological polar surface area (TPSA) is 64.8 Å². The van der Waals surface area contributed by atoms with Gasteiger partial charge in [-0.1, -0.05) is 19.1 Å². The first-order valence-electron chi connectivity index (χ1n) is 9.88. The SMILES string of the molecule is CCN1C[C@]2(COC(=O)c3ccccc3N)CC[C@H](OC)[C@@H]3[C@H]1CC[C@@H]32. The standard InChI is InChI=1S/C21H30N2O3/c1-3-23-12-21(13-26-20(24)14-6-4-5-7-16(14)22)11-10-18(25-2)19-15(21)8-9-17(19)23/h4-7,15,17-19H,3,8-13,22H2,1-2H3/t15-,17+,18-,19-,21-/m0/s1. The zero-order chi connectivity index (χ0) is 18.3. The highest BCUT2D eigenvalue weighted by Gasteiger charge is 2.60. The molecule has 26 heavy (non-hydrogen) atoms. The van der Waals surface area contributed by atoms with E-state index in [1.54, 1.807) is 12.1 Å². The molecule has 0 unspecified atom stereocenters. The van der Waals surface area contributed by atoms with Crippen molar-refractivity contribution in [2.75, 3.05) is 32.5 Å². The third kappa shape index (κ3) is 2.72. The van der Waals surface area contributed by atoms with E-state index in [0.717, 1.165) is 25.9 Å². The van der Waals surface area contributed by atoms with Gasteiger partial charge in [0.15, 0.2) is 0 Å². The van der Waals surface area contributed by atoms with Crippen molar-refractivity contribution in [2.45, 2.75) is 44.8 Å². The van der Waals surface area contributed by atoms with Crippen LogP contribution in [0.1, 0.15) is 43.0 Å². The van der Waals surface area contributed by atoms with Gasteiger partial charge in [0.2, 0.25) is 0 Å². The number of para-hydroxylation sites is 1. The largest absolute Gasteiger partial charge is 0.461 e. The van der Waals surface area contributed by atoms with Gasteiger partial charge in [-0.2, -0.15) is 0 Å². The van der Waals surface area contributed by atoms with Gasteiger partial charge in [0, 0.05) is 36.7 Å². The van der Waals surface area contributed by atoms with E-state index in [1.807, 2.05) is 19.2 Å². The Morgan fingerprint density at radius 3 is 2.85 bits per heavy atom. The molecule has 5 nitrogen and oxygen atoms in total. The summed E-state index contributed by atoms with van der Waals surface area (Å²) < 4.78 is 11.7. The van der Waals surface area contributed by atoms with E-state index in [4.69, 9.17) is 15.2 Å². The Balaban J connectivity index is 1.55. The van der Waals surface area contributed by atoms with Crippen LogP contribution in [0.2, 0.25) is 0 Å². The summed E-state index contributed by atoms with van der Waals surface area (Å²) in [6.45, 7) is 4.80. The number of nitrogens with two attached hydrogens (primary N) is 1. The molecule has 1 aromatic carbocycles. The highest BCUT2D eigenvalue weighted by Crippen LogP contribution is 2.58. The number of nitrogens with zero attached hydrogens (tertiary/aromatic N) is 1. The number of piperidine rings is 1. The molecule has 5 heteroatoms. The quantitative estimate of drug-likeness (QED) is 0.648. The number of hydrogen-bond acceptors (Lipinski definition) is 5. The lowest BCUT2D eigenvalue weighted by molar-refractivity contribution is -0.140. The number of carbonyl (C=O) groups excluding carboxylic acids is 1. The van der Waals surface area contributed by atoms with E-state index >= 15 is 0 Å². The molecular weight excluding hydrogens is 328 g/mol. The number of methoxy groups -OCH3 is 1. The Hall–Kier alpha value is -1.59. The average Bonchev–Trinajstić information content (AvgIpc) is 3.03. The van der Waals surface area contributed by atoms with Crippen molar-refractivity contribution < 1.29 is 14.3 Å². The lowest BCUT2D eigenvalue weighted by Crippen LogP contribution is -2.62. The second kappa shape index (κ2) is 6.86. The van der Waals surface area contributed by atoms with Gasteiger partial charge in [-0.15, -0.1) is 0 Å². The molecule has 142 valence electrons. The van der Waals surface area contributed by atoms with Crippen molar-refractivity contribution >= 4 is 11.7 Å². The van der Waals surface area contributed by atoms with E-state index in [9.17, 15) is 4.79 Å². The fraction of sp³-hybridized carbons (Fsp3) is 0.667. The van der Waals surface area contributed by atoms with Crippen LogP contribution in [0.3, 0.4) is 0 Å². The summed E-state index contributed by atoms with van der Waals surface area (Å²) in [5.74, 6) is 0.865. The van der Waals surface area contributed by atoms with Crippen molar-refractivity contribution in [1.29, 1.82) is 0 Å². The Kier molecular flexibility index (Phi) is 4.70. The first-order valence-corrected chi connectivity index (χ1v) is 9.88. The molecule has 1 saturated heterocycles. The number of rotatable bonds is 5. The van der Waals surface area contributed by atoms with Crippen molar-refractivity contribution in [3.63, 3.8) is 0 Å². The molecule has 1 aromatic rings. The molecule has 3 aliphatic rings. The van der Waals surface area contributed by atoms with Crippen LogP contribution in [-0.4, -0.2) is 49.8 Å². The van der Waals surface area contributed by atoms with Crippen molar-refractivity contribution in [3.8, 4) is 0 Å². The second-order valence-corrected chi connectivity index (χ2v) is 8.23. The Labute approximate surface area is 155 Å². The molecule has 1 aliphatic heterocycles. The summed E-state index contributed by atoms with van der Waals surface area (Å²) >= 11 is 0. The summed E-state index contributed by atoms with van der Waals surface area (Å²) in [6, 6.07) is 7.77. The summed E-state index contributed by atoms with van der Waals surface area (Å²) in [6.07, 6.45) is 4.93. The maximum atomic E-state index is 12.6. The lowest BCUT2D eigenvalue weighted by atomic mass is 9.59. The van der Waals surface area contributed by atoms with Crippen LogP contribution >= 0.6 is 0 Å². The van der Waals surface area contributed by atoms with Gasteiger partial charge in [0.1, 0.15) is 0 Å². The molecule has 0 spiro atoms. The van der Waals surface area contributed by atoms with E-state index < -0.39 is 0 Å². The van der Waals surface area contributed by atoms with Gasteiger partial charge in [-0.3, -0.25) is 4.90 Å². The molecule has 5 atom stereocenters. The van der Waals surface area contributed by atoms with E-state index in [-0.39, 0.29) is 11.4 Å². The highest BCUT2D eigenvalue weighted by atomic mass is 16.5. The first-order chi connectivity index (χ1) is 12.6. The van der Waals surface area contributed by atoms with Gasteiger partial charge in [0.25, 0.3) is 0 Å². The number of ether oxygens (including phenoxy) is 2. The zero-order valence-corrected chi connectivity index (χ0v) is 15.8. The minimum Gasteiger partial charge on any atom is -0.461 e. The van der Waals surface area contributed by atoms with Gasteiger partial charge in [0.05, 0.1) is 18.3 Å². The van der Waals surface area contributed by atoms with Crippen LogP contribution in [0, 0.1) is 17.3 Å². The maximum absolute atomic E-state index is 12.6. The molecule has 0 radical (unpaired) electrons. The third-order valence-electron chi connectivity index (χ3n) is 7.19. The zero-order valence-electron chi connectivity index (χ0n) is 15.8. The van der Waals surface area contributed by atoms with Gasteiger partial charge in [-0.05, 0) is 50.3 Å². The molecule has 1 heterocycles. The van der Waals surface area contributed by atoms with E-state index in [1.165, 1.54) is 12.8 Å². The van der Waals surface area contributed by atoms with Crippen LogP contribution in [0.5, 0.6) is 0 Å². The Morgan fingerprint density at radius 1 is 1.31 bits per heavy atom. The Bertz CT molecular complexity index is 679. The molecule has 4 rings (SSSR count). The molecule has 2 N–H and O–H groups in total. The van der Waals surface area contributed by atoms with Crippen molar-refractivity contribution in [3.05, 3.63) is 29.8 Å². The minimum atomic E-state index is -0.300. The molecule has 2 saturated carbocycles. The molecule has 2 aliphatic carbocycles. The number of hydrogen-bond donors (Lipinski definition) is 1. The molecule has 3 fully saturated rings. The number of likely N-dealkylation sites (tertiary alicyclic amines) is 1. The minimum absolute atomic E-state index is 0.0574. The second-order valence-electron chi connectivity index (χ2n) is 8.23. The van der Waals surface area contributed by atoms with E-state index in [2.05, 4.69) is 11.8 Å². The van der Waals surface area contributed by atoms with Gasteiger partial charge >= 0.3 is 5.97 Å². The normalized spacial score (nSPS) is 36.1. The summed E-state index contributed by atoms with van der Waals surface area (Å²) in [7, 11) is 1.85. The Morgan fingerprint density at radius 2 is 2.12 bits per heavy atom. The number of benzene rings is 1.